The van der Waals surface area contributed by atoms with Crippen LogP contribution in [0.5, 0.6) is 0 Å². The van der Waals surface area contributed by atoms with Crippen molar-refractivity contribution in [1.82, 2.24) is 9.97 Å². The van der Waals surface area contributed by atoms with Gasteiger partial charge in [-0.05, 0) is 6.42 Å². The number of anilines is 1. The van der Waals surface area contributed by atoms with Gasteiger partial charge in [0.2, 0.25) is 5.91 Å². The molecule has 0 radical (unpaired) electrons. The van der Waals surface area contributed by atoms with E-state index in [1.54, 1.807) is 6.08 Å². The molecule has 1 N–H and O–H groups in total. The van der Waals surface area contributed by atoms with Crippen LogP contribution in [0.15, 0.2) is 19.0 Å². The van der Waals surface area contributed by atoms with Crippen LogP contribution in [0.3, 0.4) is 0 Å². The lowest BCUT2D eigenvalue weighted by Gasteiger charge is -2.05. The van der Waals surface area contributed by atoms with Gasteiger partial charge in [-0.25, -0.2) is 9.97 Å². The summed E-state index contributed by atoms with van der Waals surface area (Å²) < 4.78 is 0. The van der Waals surface area contributed by atoms with E-state index in [1.165, 1.54) is 6.33 Å². The number of carbonyl (C=O) groups is 1. The van der Waals surface area contributed by atoms with Crippen molar-refractivity contribution in [3.8, 4) is 0 Å². The second-order valence-electron chi connectivity index (χ2n) is 2.70. The molecule has 0 aliphatic rings. The summed E-state index contributed by atoms with van der Waals surface area (Å²) in [5.41, 5.74) is 0. The molecule has 0 bridgehead atoms. The molecule has 0 saturated carbocycles. The van der Waals surface area contributed by atoms with Crippen LogP contribution in [0.25, 0.3) is 0 Å². The molecule has 0 unspecified atom stereocenters. The molecule has 0 spiro atoms. The number of halogens is 2. The Labute approximate surface area is 97.3 Å². The van der Waals surface area contributed by atoms with E-state index in [1.807, 2.05) is 0 Å². The first-order chi connectivity index (χ1) is 7.15. The maximum absolute atomic E-state index is 11.3. The third-order valence-corrected chi connectivity index (χ3v) is 2.32. The van der Waals surface area contributed by atoms with E-state index >= 15 is 0 Å². The number of nitrogens with one attached hydrogen (secondary N) is 1. The highest BCUT2D eigenvalue weighted by Crippen LogP contribution is 2.25. The minimum Gasteiger partial charge on any atom is -0.309 e. The monoisotopic (exact) mass is 245 g/mol. The molecule has 0 fully saturated rings. The SMILES string of the molecule is C=CCCC(=O)Nc1ncnc(Cl)c1Cl. The Morgan fingerprint density at radius 3 is 2.93 bits per heavy atom. The second kappa shape index (κ2) is 5.68. The maximum atomic E-state index is 11.3. The summed E-state index contributed by atoms with van der Waals surface area (Å²) in [5.74, 6) is 0.0392. The minimum absolute atomic E-state index is 0.116. The molecule has 0 saturated heterocycles. The van der Waals surface area contributed by atoms with Crippen LogP contribution in [0.4, 0.5) is 5.82 Å². The third kappa shape index (κ3) is 3.49. The Hall–Kier alpha value is -1.13. The molecule has 1 amide bonds. The summed E-state index contributed by atoms with van der Waals surface area (Å²) in [5, 5.41) is 2.79. The fraction of sp³-hybridized carbons (Fsp3) is 0.222. The van der Waals surface area contributed by atoms with Crippen molar-refractivity contribution in [2.24, 2.45) is 0 Å². The average Bonchev–Trinajstić information content (AvgIpc) is 2.22. The van der Waals surface area contributed by atoms with Gasteiger partial charge >= 0.3 is 0 Å². The molecule has 80 valence electrons. The van der Waals surface area contributed by atoms with Crippen LogP contribution < -0.4 is 5.32 Å². The number of hydrogen-bond donors (Lipinski definition) is 1. The highest BCUT2D eigenvalue weighted by Gasteiger charge is 2.09. The lowest BCUT2D eigenvalue weighted by molar-refractivity contribution is -0.116. The van der Waals surface area contributed by atoms with Gasteiger partial charge in [0.1, 0.15) is 11.3 Å². The molecule has 0 aliphatic carbocycles. The highest BCUT2D eigenvalue weighted by molar-refractivity contribution is 6.42. The normalized spacial score (nSPS) is 9.73. The van der Waals surface area contributed by atoms with E-state index in [2.05, 4.69) is 21.9 Å². The number of aromatic nitrogens is 2. The van der Waals surface area contributed by atoms with Crippen molar-refractivity contribution in [2.75, 3.05) is 5.32 Å². The fourth-order valence-corrected chi connectivity index (χ4v) is 1.14. The first-order valence-electron chi connectivity index (χ1n) is 4.22. The van der Waals surface area contributed by atoms with E-state index in [4.69, 9.17) is 23.2 Å². The summed E-state index contributed by atoms with van der Waals surface area (Å²) in [4.78, 5) is 18.8. The van der Waals surface area contributed by atoms with Crippen molar-refractivity contribution < 1.29 is 4.79 Å². The first-order valence-corrected chi connectivity index (χ1v) is 4.97. The van der Waals surface area contributed by atoms with Crippen LogP contribution >= 0.6 is 23.2 Å². The molecule has 0 atom stereocenters. The van der Waals surface area contributed by atoms with Gasteiger partial charge in [0.05, 0.1) is 0 Å². The Morgan fingerprint density at radius 1 is 1.53 bits per heavy atom. The van der Waals surface area contributed by atoms with Crippen LogP contribution in [-0.2, 0) is 4.79 Å². The molecule has 6 heteroatoms. The Balaban J connectivity index is 2.68. The van der Waals surface area contributed by atoms with Gasteiger partial charge < -0.3 is 5.32 Å². The quantitative estimate of drug-likeness (QED) is 0.656. The first kappa shape index (κ1) is 11.9. The van der Waals surface area contributed by atoms with Gasteiger partial charge in [-0.1, -0.05) is 29.3 Å². The van der Waals surface area contributed by atoms with Gasteiger partial charge in [0.25, 0.3) is 0 Å². The standard InChI is InChI=1S/C9H9Cl2N3O/c1-2-3-4-6(15)14-9-7(10)8(11)12-5-13-9/h2,5H,1,3-4H2,(H,12,13,14,15). The smallest absolute Gasteiger partial charge is 0.225 e. The lowest BCUT2D eigenvalue weighted by atomic mass is 10.3. The number of hydrogen-bond acceptors (Lipinski definition) is 3. The summed E-state index contributed by atoms with van der Waals surface area (Å²) in [7, 11) is 0. The Bertz CT molecular complexity index is 382. The van der Waals surface area contributed by atoms with E-state index in [9.17, 15) is 4.79 Å². The molecule has 1 heterocycles. The molecule has 1 aromatic heterocycles. The predicted molar refractivity (Wildman–Crippen MR) is 60.1 cm³/mol. The third-order valence-electron chi connectivity index (χ3n) is 1.58. The zero-order valence-corrected chi connectivity index (χ0v) is 9.35. The summed E-state index contributed by atoms with van der Waals surface area (Å²) in [6.07, 6.45) is 3.83. The van der Waals surface area contributed by atoms with Crippen molar-refractivity contribution >= 4 is 34.9 Å². The summed E-state index contributed by atoms with van der Waals surface area (Å²) in [6, 6.07) is 0. The summed E-state index contributed by atoms with van der Waals surface area (Å²) in [6.45, 7) is 3.52. The lowest BCUT2D eigenvalue weighted by Crippen LogP contribution is -2.12. The van der Waals surface area contributed by atoms with Crippen LogP contribution in [0, 0.1) is 0 Å². The topological polar surface area (TPSA) is 54.9 Å². The zero-order chi connectivity index (χ0) is 11.3. The molecule has 1 aromatic rings. The predicted octanol–water partition coefficient (Wildman–Crippen LogP) is 2.69. The van der Waals surface area contributed by atoms with E-state index in [0.29, 0.717) is 12.8 Å². The number of allylic oxidation sites excluding steroid dienone is 1. The Morgan fingerprint density at radius 2 is 2.27 bits per heavy atom. The number of nitrogens with zero attached hydrogens (tertiary/aromatic N) is 2. The van der Waals surface area contributed by atoms with E-state index in [0.717, 1.165) is 0 Å². The largest absolute Gasteiger partial charge is 0.309 e. The van der Waals surface area contributed by atoms with Gasteiger partial charge in [0, 0.05) is 6.42 Å². The van der Waals surface area contributed by atoms with Crippen LogP contribution in [0.1, 0.15) is 12.8 Å². The molecular weight excluding hydrogens is 237 g/mol. The van der Waals surface area contributed by atoms with Crippen LogP contribution in [-0.4, -0.2) is 15.9 Å². The molecular formula is C9H9Cl2N3O. The highest BCUT2D eigenvalue weighted by atomic mass is 35.5. The van der Waals surface area contributed by atoms with Gasteiger partial charge in [-0.3, -0.25) is 4.79 Å². The number of carbonyl (C=O) groups excluding carboxylic acids is 1. The molecule has 0 aromatic carbocycles. The van der Waals surface area contributed by atoms with Gasteiger partial charge in [-0.15, -0.1) is 6.58 Å². The maximum Gasteiger partial charge on any atom is 0.225 e. The molecule has 15 heavy (non-hydrogen) atoms. The van der Waals surface area contributed by atoms with Crippen molar-refractivity contribution in [3.63, 3.8) is 0 Å². The number of amides is 1. The average molecular weight is 246 g/mol. The summed E-state index contributed by atoms with van der Waals surface area (Å²) >= 11 is 11.4. The Kier molecular flexibility index (Phi) is 4.52. The van der Waals surface area contributed by atoms with Crippen molar-refractivity contribution in [1.29, 1.82) is 0 Å². The van der Waals surface area contributed by atoms with E-state index < -0.39 is 0 Å². The minimum atomic E-state index is -0.188. The second-order valence-corrected chi connectivity index (χ2v) is 3.44. The zero-order valence-electron chi connectivity index (χ0n) is 7.83. The van der Waals surface area contributed by atoms with Crippen LogP contribution in [0.2, 0.25) is 10.2 Å². The number of rotatable bonds is 4. The van der Waals surface area contributed by atoms with Crippen molar-refractivity contribution in [2.45, 2.75) is 12.8 Å². The molecule has 4 nitrogen and oxygen atoms in total. The molecule has 0 aliphatic heterocycles. The van der Waals surface area contributed by atoms with E-state index in [-0.39, 0.29) is 21.9 Å². The van der Waals surface area contributed by atoms with Gasteiger partial charge in [0.15, 0.2) is 11.0 Å². The van der Waals surface area contributed by atoms with Gasteiger partial charge in [-0.2, -0.15) is 0 Å². The molecule has 1 rings (SSSR count). The fourth-order valence-electron chi connectivity index (χ4n) is 0.863. The van der Waals surface area contributed by atoms with Crippen molar-refractivity contribution in [3.05, 3.63) is 29.2 Å².